The fourth-order valence-electron chi connectivity index (χ4n) is 3.56. The fourth-order valence-corrected chi connectivity index (χ4v) is 4.69. The monoisotopic (exact) mass is 619 g/mol. The minimum absolute atomic E-state index is 0.0753. The van der Waals surface area contributed by atoms with Gasteiger partial charge in [-0.15, -0.1) is 0 Å². The minimum Gasteiger partial charge on any atom is -0.497 e. The number of pyridine rings is 1. The highest BCUT2D eigenvalue weighted by molar-refractivity contribution is 8.00. The van der Waals surface area contributed by atoms with E-state index in [9.17, 15) is 37.5 Å². The molecule has 41 heavy (non-hydrogen) atoms. The van der Waals surface area contributed by atoms with Crippen LogP contribution in [-0.2, 0) is 31.8 Å². The molecule has 2 amide bonds. The highest BCUT2D eigenvalue weighted by Gasteiger charge is 2.33. The van der Waals surface area contributed by atoms with E-state index in [1.807, 2.05) is 0 Å². The lowest BCUT2D eigenvalue weighted by atomic mass is 10.0. The number of carboxylic acids is 1. The van der Waals surface area contributed by atoms with Crippen molar-refractivity contribution >= 4 is 46.9 Å². The van der Waals surface area contributed by atoms with Gasteiger partial charge in [0, 0.05) is 11.8 Å². The van der Waals surface area contributed by atoms with E-state index < -0.39 is 65.5 Å². The molecule has 2 atom stereocenters. The fraction of sp³-hybridized carbons (Fsp3) is 0.423. The van der Waals surface area contributed by atoms with Gasteiger partial charge in [0.2, 0.25) is 11.8 Å². The standard InChI is InChI=1S/C26H29ClF3N3O7S/c1-13(2)23(33-21(35)8-14-7-16(39-3)5-6-20(14)40-4)24(38)32-18(10-22(36)37)19(34)12-41-25-17(27)9-15(11-31-25)26(28,29)30/h5-7,9,11,13,18,23H,8,10,12H2,1-4H3,(H,32,38)(H,33,35)(H,36,37)/t18?,23-/m0/s1. The van der Waals surface area contributed by atoms with Crippen molar-refractivity contribution in [3.8, 4) is 11.5 Å². The minimum atomic E-state index is -4.66. The number of hydrogen-bond acceptors (Lipinski definition) is 8. The third-order valence-corrected chi connectivity index (χ3v) is 7.10. The lowest BCUT2D eigenvalue weighted by Crippen LogP contribution is -2.54. The largest absolute Gasteiger partial charge is 0.497 e. The Labute approximate surface area is 243 Å². The molecule has 0 aliphatic heterocycles. The van der Waals surface area contributed by atoms with Gasteiger partial charge in [0.1, 0.15) is 22.6 Å². The van der Waals surface area contributed by atoms with Crippen molar-refractivity contribution in [2.45, 2.75) is 50.0 Å². The van der Waals surface area contributed by atoms with Crippen LogP contribution in [0.5, 0.6) is 11.5 Å². The third-order valence-electron chi connectivity index (χ3n) is 5.67. The average molecular weight is 620 g/mol. The van der Waals surface area contributed by atoms with Gasteiger partial charge in [-0.1, -0.05) is 37.2 Å². The van der Waals surface area contributed by atoms with Gasteiger partial charge in [-0.2, -0.15) is 13.2 Å². The second-order valence-electron chi connectivity index (χ2n) is 9.07. The molecular formula is C26H29ClF3N3O7S. The van der Waals surface area contributed by atoms with Gasteiger partial charge in [0.15, 0.2) is 5.78 Å². The van der Waals surface area contributed by atoms with Crippen LogP contribution in [0.2, 0.25) is 5.02 Å². The van der Waals surface area contributed by atoms with Crippen LogP contribution in [0, 0.1) is 5.92 Å². The summed E-state index contributed by atoms with van der Waals surface area (Å²) < 4.78 is 49.0. The molecule has 3 N–H and O–H groups in total. The van der Waals surface area contributed by atoms with E-state index in [4.69, 9.17) is 21.1 Å². The number of aromatic nitrogens is 1. The highest BCUT2D eigenvalue weighted by Crippen LogP contribution is 2.33. The summed E-state index contributed by atoms with van der Waals surface area (Å²) in [5.74, 6) is -3.41. The number of carbonyl (C=O) groups excluding carboxylic acids is 3. The average Bonchev–Trinajstić information content (AvgIpc) is 2.89. The van der Waals surface area contributed by atoms with E-state index in [0.717, 1.165) is 0 Å². The maximum atomic E-state index is 13.1. The Morgan fingerprint density at radius 3 is 2.32 bits per heavy atom. The number of benzene rings is 1. The number of aliphatic carboxylic acids is 1. The Morgan fingerprint density at radius 2 is 1.78 bits per heavy atom. The number of nitrogens with one attached hydrogen (secondary N) is 2. The Morgan fingerprint density at radius 1 is 1.10 bits per heavy atom. The first-order valence-electron chi connectivity index (χ1n) is 12.1. The SMILES string of the molecule is COc1ccc(OC)c(CC(=O)N[C@H](C(=O)NC(CC(=O)O)C(=O)CSc2ncc(C(F)(F)F)cc2Cl)C(C)C)c1. The van der Waals surface area contributed by atoms with Gasteiger partial charge >= 0.3 is 12.1 Å². The van der Waals surface area contributed by atoms with E-state index >= 15 is 0 Å². The number of ether oxygens (including phenoxy) is 2. The Bertz CT molecular complexity index is 1280. The van der Waals surface area contributed by atoms with Gasteiger partial charge in [0.05, 0.1) is 49.4 Å². The van der Waals surface area contributed by atoms with E-state index in [0.29, 0.717) is 41.1 Å². The van der Waals surface area contributed by atoms with E-state index in [-0.39, 0.29) is 16.5 Å². The van der Waals surface area contributed by atoms with Gasteiger partial charge in [-0.3, -0.25) is 19.2 Å². The van der Waals surface area contributed by atoms with Crippen LogP contribution in [-0.4, -0.2) is 65.7 Å². The molecule has 15 heteroatoms. The molecule has 1 heterocycles. The second-order valence-corrected chi connectivity index (χ2v) is 10.4. The molecule has 0 saturated heterocycles. The number of carboxylic acid groups (broad SMARTS) is 1. The van der Waals surface area contributed by atoms with Gasteiger partial charge in [-0.25, -0.2) is 4.98 Å². The molecule has 0 saturated carbocycles. The highest BCUT2D eigenvalue weighted by atomic mass is 35.5. The summed E-state index contributed by atoms with van der Waals surface area (Å²) in [5.41, 5.74) is -0.570. The summed E-state index contributed by atoms with van der Waals surface area (Å²) in [4.78, 5) is 53.8. The molecular weight excluding hydrogens is 591 g/mol. The van der Waals surface area contributed by atoms with Crippen LogP contribution in [0.1, 0.15) is 31.4 Å². The lowest BCUT2D eigenvalue weighted by Gasteiger charge is -2.25. The predicted octanol–water partition coefficient (Wildman–Crippen LogP) is 3.78. The lowest BCUT2D eigenvalue weighted by molar-refractivity contribution is -0.140. The molecule has 1 unspecified atom stereocenters. The number of amides is 2. The van der Waals surface area contributed by atoms with E-state index in [2.05, 4.69) is 15.6 Å². The zero-order chi connectivity index (χ0) is 30.9. The quantitative estimate of drug-likeness (QED) is 0.269. The summed E-state index contributed by atoms with van der Waals surface area (Å²) in [5, 5.41) is 13.9. The van der Waals surface area contributed by atoms with Crippen LogP contribution in [0.4, 0.5) is 13.2 Å². The molecule has 10 nitrogen and oxygen atoms in total. The summed E-state index contributed by atoms with van der Waals surface area (Å²) in [6.07, 6.45) is -5.02. The first kappa shape index (κ1) is 33.7. The molecule has 224 valence electrons. The Hall–Kier alpha value is -3.52. The summed E-state index contributed by atoms with van der Waals surface area (Å²) in [7, 11) is 2.90. The van der Waals surface area contributed by atoms with E-state index in [1.165, 1.54) is 14.2 Å². The molecule has 0 radical (unpaired) electrons. The molecule has 0 spiro atoms. The van der Waals surface area contributed by atoms with Gasteiger partial charge in [-0.05, 0) is 30.2 Å². The van der Waals surface area contributed by atoms with E-state index in [1.54, 1.807) is 32.0 Å². The number of carbonyl (C=O) groups is 4. The van der Waals surface area contributed by atoms with Crippen molar-refractivity contribution in [2.24, 2.45) is 5.92 Å². The van der Waals surface area contributed by atoms with Crippen molar-refractivity contribution < 1.29 is 46.9 Å². The second kappa shape index (κ2) is 14.9. The number of hydrogen-bond donors (Lipinski definition) is 3. The molecule has 0 aliphatic rings. The van der Waals surface area contributed by atoms with Crippen LogP contribution in [0.3, 0.4) is 0 Å². The molecule has 0 bridgehead atoms. The number of halogens is 4. The molecule has 2 rings (SSSR count). The van der Waals surface area contributed by atoms with Crippen molar-refractivity contribution in [2.75, 3.05) is 20.0 Å². The summed E-state index contributed by atoms with van der Waals surface area (Å²) in [6, 6.07) is 2.94. The number of thioether (sulfide) groups is 1. The maximum absolute atomic E-state index is 13.1. The summed E-state index contributed by atoms with van der Waals surface area (Å²) >= 11 is 6.57. The van der Waals surface area contributed by atoms with Crippen LogP contribution in [0.25, 0.3) is 0 Å². The molecule has 2 aromatic rings. The van der Waals surface area contributed by atoms with Crippen LogP contribution >= 0.6 is 23.4 Å². The molecule has 0 fully saturated rings. The maximum Gasteiger partial charge on any atom is 0.417 e. The number of Topliss-reactive ketones (excluding diaryl/α,β-unsaturated/α-hetero) is 1. The molecule has 1 aromatic carbocycles. The first-order chi connectivity index (χ1) is 19.2. The molecule has 1 aromatic heterocycles. The van der Waals surface area contributed by atoms with Crippen molar-refractivity contribution in [1.82, 2.24) is 15.6 Å². The topological polar surface area (TPSA) is 144 Å². The number of methoxy groups -OCH3 is 2. The van der Waals surface area contributed by atoms with Crippen molar-refractivity contribution in [3.63, 3.8) is 0 Å². The summed E-state index contributed by atoms with van der Waals surface area (Å²) in [6.45, 7) is 3.30. The normalized spacial score (nSPS) is 12.8. The zero-order valence-corrected chi connectivity index (χ0v) is 24.1. The number of ketones is 1. The Kier molecular flexibility index (Phi) is 12.3. The van der Waals surface area contributed by atoms with Crippen LogP contribution in [0.15, 0.2) is 35.5 Å². The molecule has 0 aliphatic carbocycles. The van der Waals surface area contributed by atoms with Gasteiger partial charge < -0.3 is 25.2 Å². The van der Waals surface area contributed by atoms with Crippen molar-refractivity contribution in [3.05, 3.63) is 46.6 Å². The zero-order valence-electron chi connectivity index (χ0n) is 22.5. The first-order valence-corrected chi connectivity index (χ1v) is 13.4. The third kappa shape index (κ3) is 10.1. The Balaban J connectivity index is 2.12. The van der Waals surface area contributed by atoms with Gasteiger partial charge in [0.25, 0.3) is 0 Å². The van der Waals surface area contributed by atoms with Crippen molar-refractivity contribution in [1.29, 1.82) is 0 Å². The number of nitrogens with zero attached hydrogens (tertiary/aromatic N) is 1. The predicted molar refractivity (Wildman–Crippen MR) is 144 cm³/mol. The van der Waals surface area contributed by atoms with Crippen LogP contribution < -0.4 is 20.1 Å². The number of alkyl halides is 3. The number of rotatable bonds is 14. The smallest absolute Gasteiger partial charge is 0.417 e.